The molecule has 2 saturated heterocycles. The molecular weight excluding hydrogens is 502 g/mol. The van der Waals surface area contributed by atoms with Gasteiger partial charge in [0.2, 0.25) is 0 Å². The van der Waals surface area contributed by atoms with Crippen LogP contribution < -0.4 is 0 Å². The molecular formula is C26H28F2N4O4S. The number of aromatic nitrogens is 2. The van der Waals surface area contributed by atoms with Gasteiger partial charge >= 0.3 is 0 Å². The Morgan fingerprint density at radius 1 is 1.11 bits per heavy atom. The second kappa shape index (κ2) is 10.4. The Morgan fingerprint density at radius 2 is 1.78 bits per heavy atom. The van der Waals surface area contributed by atoms with Gasteiger partial charge in [-0.3, -0.25) is 9.69 Å². The zero-order valence-corrected chi connectivity index (χ0v) is 21.2. The van der Waals surface area contributed by atoms with E-state index in [1.54, 1.807) is 38.7 Å². The van der Waals surface area contributed by atoms with Crippen molar-refractivity contribution in [1.82, 2.24) is 19.6 Å². The van der Waals surface area contributed by atoms with Gasteiger partial charge in [-0.1, -0.05) is 37.3 Å². The summed E-state index contributed by atoms with van der Waals surface area (Å²) in [6, 6.07) is 14.1. The fourth-order valence-electron chi connectivity index (χ4n) is 4.87. The van der Waals surface area contributed by atoms with Crippen LogP contribution in [0.25, 0.3) is 16.9 Å². The molecule has 1 atom stereocenters. The number of carbonyl (C=O) groups excluding carboxylic acids is 1. The van der Waals surface area contributed by atoms with Crippen molar-refractivity contribution in [3.05, 3.63) is 65.4 Å². The summed E-state index contributed by atoms with van der Waals surface area (Å²) in [5, 5.41) is 4.73. The monoisotopic (exact) mass is 530 g/mol. The first kappa shape index (κ1) is 25.7. The smallest absolute Gasteiger partial charge is 0.274 e. The Morgan fingerprint density at radius 3 is 2.41 bits per heavy atom. The number of likely N-dealkylation sites (tertiary alicyclic amines) is 1. The van der Waals surface area contributed by atoms with Crippen molar-refractivity contribution >= 4 is 17.0 Å². The fourth-order valence-corrected chi connectivity index (χ4v) is 5.42. The SMILES string of the molecule is CCc1c(C(=O)N2CCOCC2)nn(-c2ccc(CN3CC(F)(F)C3)cc2)c1-c1ccccc1S(=O)O. The quantitative estimate of drug-likeness (QED) is 0.470. The Kier molecular flexibility index (Phi) is 7.21. The molecule has 1 unspecified atom stereocenters. The van der Waals surface area contributed by atoms with Crippen LogP contribution in [0.3, 0.4) is 0 Å². The van der Waals surface area contributed by atoms with Gasteiger partial charge in [0.25, 0.3) is 11.8 Å². The molecule has 5 rings (SSSR count). The summed E-state index contributed by atoms with van der Waals surface area (Å²) in [5.74, 6) is -2.83. The van der Waals surface area contributed by atoms with Gasteiger partial charge in [0.05, 0.1) is 42.6 Å². The average Bonchev–Trinajstić information content (AvgIpc) is 3.27. The lowest BCUT2D eigenvalue weighted by Gasteiger charge is -2.38. The molecule has 3 aromatic rings. The van der Waals surface area contributed by atoms with Gasteiger partial charge in [-0.2, -0.15) is 5.10 Å². The number of hydrogen-bond acceptors (Lipinski definition) is 5. The standard InChI is InChI=1S/C26H28F2N4O4S/c1-2-20-23(25(33)31-11-13-36-14-12-31)29-32(24(20)21-5-3-4-6-22(21)37(34)35)19-9-7-18(8-10-19)15-30-16-26(27,28)17-30/h3-10H,2,11-17H2,1H3,(H,34,35). The molecule has 2 fully saturated rings. The third-order valence-corrected chi connectivity index (χ3v) is 7.40. The van der Waals surface area contributed by atoms with Crippen molar-refractivity contribution in [3.63, 3.8) is 0 Å². The Labute approximate surface area is 216 Å². The summed E-state index contributed by atoms with van der Waals surface area (Å²) < 4.78 is 55.6. The lowest BCUT2D eigenvalue weighted by Crippen LogP contribution is -2.55. The molecule has 0 aliphatic carbocycles. The normalized spacial score (nSPS) is 18.4. The second-order valence-corrected chi connectivity index (χ2v) is 10.2. The van der Waals surface area contributed by atoms with Crippen LogP contribution in [0.15, 0.2) is 53.4 Å². The topological polar surface area (TPSA) is 87.9 Å². The van der Waals surface area contributed by atoms with Gasteiger partial charge in [0.15, 0.2) is 16.8 Å². The molecule has 1 amide bonds. The van der Waals surface area contributed by atoms with E-state index in [1.165, 1.54) is 0 Å². The zero-order valence-electron chi connectivity index (χ0n) is 20.4. The molecule has 0 spiro atoms. The lowest BCUT2D eigenvalue weighted by atomic mass is 10.0. The molecule has 2 aromatic carbocycles. The van der Waals surface area contributed by atoms with Crippen LogP contribution in [0.2, 0.25) is 0 Å². The Balaban J connectivity index is 1.57. The van der Waals surface area contributed by atoms with Crippen LogP contribution in [0.1, 0.15) is 28.5 Å². The molecule has 0 saturated carbocycles. The highest BCUT2D eigenvalue weighted by atomic mass is 32.2. The van der Waals surface area contributed by atoms with Crippen LogP contribution in [0.5, 0.6) is 0 Å². The predicted octanol–water partition coefficient (Wildman–Crippen LogP) is 3.61. The molecule has 2 aliphatic heterocycles. The number of halogens is 2. The summed E-state index contributed by atoms with van der Waals surface area (Å²) in [6.45, 7) is 3.67. The first-order chi connectivity index (χ1) is 17.8. The summed E-state index contributed by atoms with van der Waals surface area (Å²) in [7, 11) is 0. The van der Waals surface area contributed by atoms with E-state index < -0.39 is 17.0 Å². The van der Waals surface area contributed by atoms with E-state index in [9.17, 15) is 22.3 Å². The molecule has 11 heteroatoms. The van der Waals surface area contributed by atoms with Crippen LogP contribution in [-0.4, -0.2) is 79.6 Å². The first-order valence-electron chi connectivity index (χ1n) is 12.2. The maximum absolute atomic E-state index is 13.5. The Hall–Kier alpha value is -2.99. The summed E-state index contributed by atoms with van der Waals surface area (Å²) in [6.07, 6.45) is 0.481. The van der Waals surface area contributed by atoms with Crippen molar-refractivity contribution < 1.29 is 27.1 Å². The van der Waals surface area contributed by atoms with Crippen LogP contribution in [-0.2, 0) is 28.8 Å². The molecule has 8 nitrogen and oxygen atoms in total. The highest BCUT2D eigenvalue weighted by Gasteiger charge is 2.43. The highest BCUT2D eigenvalue weighted by Crippen LogP contribution is 2.34. The van der Waals surface area contributed by atoms with Crippen molar-refractivity contribution in [2.45, 2.75) is 30.7 Å². The summed E-state index contributed by atoms with van der Waals surface area (Å²) in [4.78, 5) is 17.1. The van der Waals surface area contributed by atoms with Crippen molar-refractivity contribution in [1.29, 1.82) is 0 Å². The number of amides is 1. The first-order valence-corrected chi connectivity index (χ1v) is 13.3. The average molecular weight is 531 g/mol. The van der Waals surface area contributed by atoms with Crippen LogP contribution in [0, 0.1) is 0 Å². The molecule has 37 heavy (non-hydrogen) atoms. The van der Waals surface area contributed by atoms with E-state index in [0.717, 1.165) is 5.56 Å². The highest BCUT2D eigenvalue weighted by molar-refractivity contribution is 7.79. The van der Waals surface area contributed by atoms with Crippen molar-refractivity contribution in [3.8, 4) is 16.9 Å². The predicted molar refractivity (Wildman–Crippen MR) is 134 cm³/mol. The molecule has 0 bridgehead atoms. The minimum absolute atomic E-state index is 0.210. The number of alkyl halides is 2. The number of morpholine rings is 1. The number of carbonyl (C=O) groups is 1. The third-order valence-electron chi connectivity index (χ3n) is 6.67. The summed E-state index contributed by atoms with van der Waals surface area (Å²) in [5.41, 5.74) is 3.60. The maximum atomic E-state index is 13.5. The van der Waals surface area contributed by atoms with Gasteiger partial charge in [-0.25, -0.2) is 17.7 Å². The number of ether oxygens (including phenoxy) is 1. The molecule has 3 heterocycles. The second-order valence-electron chi connectivity index (χ2n) is 9.26. The van der Waals surface area contributed by atoms with Crippen LogP contribution in [0.4, 0.5) is 8.78 Å². The number of rotatable bonds is 7. The lowest BCUT2D eigenvalue weighted by molar-refractivity contribution is -0.133. The largest absolute Gasteiger partial charge is 0.378 e. The fraction of sp³-hybridized carbons (Fsp3) is 0.385. The molecule has 2 aliphatic rings. The van der Waals surface area contributed by atoms with Gasteiger partial charge in [-0.15, -0.1) is 0 Å². The van der Waals surface area contributed by atoms with E-state index in [1.807, 2.05) is 31.2 Å². The third kappa shape index (κ3) is 5.22. The summed E-state index contributed by atoms with van der Waals surface area (Å²) >= 11 is -2.25. The minimum atomic E-state index is -2.62. The van der Waals surface area contributed by atoms with Gasteiger partial charge < -0.3 is 14.2 Å². The van der Waals surface area contributed by atoms with E-state index in [2.05, 4.69) is 0 Å². The van der Waals surface area contributed by atoms with E-state index in [0.29, 0.717) is 67.5 Å². The van der Waals surface area contributed by atoms with E-state index >= 15 is 0 Å². The Bertz CT molecular complexity index is 1310. The van der Waals surface area contributed by atoms with Gasteiger partial charge in [0.1, 0.15) is 0 Å². The number of benzene rings is 2. The number of nitrogens with zero attached hydrogens (tertiary/aromatic N) is 4. The van der Waals surface area contributed by atoms with Gasteiger partial charge in [-0.05, 0) is 30.2 Å². The van der Waals surface area contributed by atoms with Crippen molar-refractivity contribution in [2.24, 2.45) is 0 Å². The minimum Gasteiger partial charge on any atom is -0.378 e. The number of hydrogen-bond donors (Lipinski definition) is 1. The molecule has 1 N–H and O–H groups in total. The van der Waals surface area contributed by atoms with E-state index in [-0.39, 0.29) is 23.9 Å². The molecule has 196 valence electrons. The zero-order chi connectivity index (χ0) is 26.2. The van der Waals surface area contributed by atoms with E-state index in [4.69, 9.17) is 9.84 Å². The van der Waals surface area contributed by atoms with Crippen molar-refractivity contribution in [2.75, 3.05) is 39.4 Å². The molecule has 0 radical (unpaired) electrons. The maximum Gasteiger partial charge on any atom is 0.274 e. The van der Waals surface area contributed by atoms with Crippen LogP contribution >= 0.6 is 0 Å². The molecule has 1 aromatic heterocycles. The van der Waals surface area contributed by atoms with Gasteiger partial charge in [0, 0.05) is 30.8 Å².